The van der Waals surface area contributed by atoms with Crippen LogP contribution in [0.1, 0.15) is 22.8 Å². The maximum atomic E-state index is 12.3. The highest BCUT2D eigenvalue weighted by atomic mass is 79.9. The number of halogens is 2. The van der Waals surface area contributed by atoms with E-state index in [4.69, 9.17) is 21.0 Å². The summed E-state index contributed by atoms with van der Waals surface area (Å²) in [6, 6.07) is 9.87. The van der Waals surface area contributed by atoms with E-state index in [0.717, 1.165) is 6.07 Å². The molecule has 8 heteroatoms. The van der Waals surface area contributed by atoms with Gasteiger partial charge in [0.25, 0.3) is 0 Å². The molecule has 0 saturated heterocycles. The molecule has 0 atom stereocenters. The third-order valence-corrected chi connectivity index (χ3v) is 4.91. The first-order chi connectivity index (χ1) is 10.7. The number of benzene rings is 2. The molecule has 118 valence electrons. The van der Waals surface area contributed by atoms with Crippen LogP contribution in [0.5, 0.6) is 5.75 Å². The molecule has 2 aromatic carbocycles. The molecule has 0 radical (unpaired) electrons. The Labute approximate surface area is 146 Å². The Kier molecular flexibility index (Phi) is 5.09. The van der Waals surface area contributed by atoms with Crippen LogP contribution in [0.25, 0.3) is 0 Å². The van der Waals surface area contributed by atoms with Gasteiger partial charge < -0.3 is 4.18 Å². The van der Waals surface area contributed by atoms with E-state index < -0.39 is 10.1 Å². The molecule has 0 N–H and O–H groups in total. The Balaban J connectivity index is 2.45. The molecular weight excluding hydrogens is 406 g/mol. The predicted octanol–water partition coefficient (Wildman–Crippen LogP) is 3.94. The number of nitrogens with zero attached hydrogens (tertiary/aromatic N) is 1. The smallest absolute Gasteiger partial charge is 0.339 e. The number of nitriles is 1. The lowest BCUT2D eigenvalue weighted by atomic mass is 10.1. The summed E-state index contributed by atoms with van der Waals surface area (Å²) < 4.78 is 30.3. The third kappa shape index (κ3) is 3.91. The minimum Gasteiger partial charge on any atom is -0.378 e. The van der Waals surface area contributed by atoms with Gasteiger partial charge >= 0.3 is 10.1 Å². The van der Waals surface area contributed by atoms with Gasteiger partial charge in [-0.15, -0.1) is 0 Å². The number of ketones is 1. The summed E-state index contributed by atoms with van der Waals surface area (Å²) in [4.78, 5) is 11.4. The van der Waals surface area contributed by atoms with Crippen molar-refractivity contribution in [2.75, 3.05) is 0 Å². The van der Waals surface area contributed by atoms with E-state index in [1.54, 1.807) is 6.07 Å². The normalized spacial score (nSPS) is 10.9. The van der Waals surface area contributed by atoms with Crippen molar-refractivity contribution in [3.05, 3.63) is 57.0 Å². The number of carbonyl (C=O) groups is 1. The molecule has 0 saturated carbocycles. The Morgan fingerprint density at radius 1 is 1.26 bits per heavy atom. The first-order valence-electron chi connectivity index (χ1n) is 6.19. The van der Waals surface area contributed by atoms with Gasteiger partial charge in [-0.3, -0.25) is 4.79 Å². The summed E-state index contributed by atoms with van der Waals surface area (Å²) in [6.45, 7) is 1.31. The maximum absolute atomic E-state index is 12.3. The second-order valence-corrected chi connectivity index (χ2v) is 7.36. The zero-order valence-corrected chi connectivity index (χ0v) is 14.9. The number of Topliss-reactive ketones (excluding diaryl/α,β-unsaturated/α-hetero) is 1. The largest absolute Gasteiger partial charge is 0.378 e. The van der Waals surface area contributed by atoms with E-state index in [2.05, 4.69) is 15.9 Å². The molecule has 23 heavy (non-hydrogen) atoms. The van der Waals surface area contributed by atoms with E-state index >= 15 is 0 Å². The molecule has 0 aliphatic rings. The lowest BCUT2D eigenvalue weighted by Gasteiger charge is -2.11. The Morgan fingerprint density at radius 2 is 1.96 bits per heavy atom. The van der Waals surface area contributed by atoms with Gasteiger partial charge in [-0.2, -0.15) is 13.7 Å². The molecule has 0 aliphatic heterocycles. The lowest BCUT2D eigenvalue weighted by molar-refractivity contribution is 0.101. The van der Waals surface area contributed by atoms with Crippen LogP contribution in [0.4, 0.5) is 0 Å². The van der Waals surface area contributed by atoms with Crippen LogP contribution in [0.15, 0.2) is 45.8 Å². The van der Waals surface area contributed by atoms with Crippen LogP contribution in [0.3, 0.4) is 0 Å². The van der Waals surface area contributed by atoms with Crippen LogP contribution in [0, 0.1) is 11.3 Å². The fourth-order valence-electron chi connectivity index (χ4n) is 1.76. The highest BCUT2D eigenvalue weighted by Crippen LogP contribution is 2.28. The van der Waals surface area contributed by atoms with Crippen LogP contribution in [-0.2, 0) is 10.1 Å². The zero-order chi connectivity index (χ0) is 17.2. The quantitative estimate of drug-likeness (QED) is 0.559. The van der Waals surface area contributed by atoms with Crippen molar-refractivity contribution in [1.29, 1.82) is 5.26 Å². The van der Waals surface area contributed by atoms with Crippen LogP contribution < -0.4 is 4.18 Å². The van der Waals surface area contributed by atoms with Gasteiger partial charge in [0, 0.05) is 4.47 Å². The molecule has 0 heterocycles. The van der Waals surface area contributed by atoms with Gasteiger partial charge in [0.15, 0.2) is 11.5 Å². The number of carbonyl (C=O) groups excluding carboxylic acids is 1. The highest BCUT2D eigenvalue weighted by Gasteiger charge is 2.21. The summed E-state index contributed by atoms with van der Waals surface area (Å²) >= 11 is 9.05. The topological polar surface area (TPSA) is 84.2 Å². The summed E-state index contributed by atoms with van der Waals surface area (Å²) in [5, 5.41) is 8.81. The molecule has 0 amide bonds. The lowest BCUT2D eigenvalue weighted by Crippen LogP contribution is -2.12. The maximum Gasteiger partial charge on any atom is 0.339 e. The fraction of sp³-hybridized carbons (Fsp3) is 0.0667. The Bertz CT molecular complexity index is 935. The minimum absolute atomic E-state index is 0.000211. The summed E-state index contributed by atoms with van der Waals surface area (Å²) in [5.41, 5.74) is 0.279. The van der Waals surface area contributed by atoms with Gasteiger partial charge in [-0.1, -0.05) is 27.5 Å². The van der Waals surface area contributed by atoms with Crippen LogP contribution in [-0.4, -0.2) is 14.2 Å². The first kappa shape index (κ1) is 17.5. The Hall–Kier alpha value is -1.88. The average molecular weight is 415 g/mol. The van der Waals surface area contributed by atoms with Crippen molar-refractivity contribution in [2.24, 2.45) is 0 Å². The molecule has 0 spiro atoms. The second-order valence-electron chi connectivity index (χ2n) is 4.49. The van der Waals surface area contributed by atoms with Crippen molar-refractivity contribution < 1.29 is 17.4 Å². The van der Waals surface area contributed by atoms with Crippen molar-refractivity contribution >= 4 is 43.4 Å². The second kappa shape index (κ2) is 6.71. The van der Waals surface area contributed by atoms with E-state index in [0.29, 0.717) is 4.47 Å². The third-order valence-electron chi connectivity index (χ3n) is 2.87. The van der Waals surface area contributed by atoms with Gasteiger partial charge in [-0.05, 0) is 43.3 Å². The van der Waals surface area contributed by atoms with Crippen molar-refractivity contribution in [1.82, 2.24) is 0 Å². The van der Waals surface area contributed by atoms with Gasteiger partial charge in [0.05, 0.1) is 16.1 Å². The summed E-state index contributed by atoms with van der Waals surface area (Å²) in [6.07, 6.45) is 0. The van der Waals surface area contributed by atoms with Gasteiger partial charge in [0.2, 0.25) is 0 Å². The molecule has 0 aliphatic carbocycles. The molecule has 2 aromatic rings. The van der Waals surface area contributed by atoms with E-state index in [-0.39, 0.29) is 32.6 Å². The molecule has 5 nitrogen and oxygen atoms in total. The van der Waals surface area contributed by atoms with Gasteiger partial charge in [0.1, 0.15) is 11.0 Å². The summed E-state index contributed by atoms with van der Waals surface area (Å²) in [7, 11) is -4.19. The number of hydrogen-bond donors (Lipinski definition) is 0. The van der Waals surface area contributed by atoms with E-state index in [1.165, 1.54) is 31.2 Å². The monoisotopic (exact) mass is 413 g/mol. The number of rotatable bonds is 4. The molecular formula is C15H9BrClNO4S. The Morgan fingerprint density at radius 3 is 2.52 bits per heavy atom. The van der Waals surface area contributed by atoms with E-state index in [1.807, 2.05) is 6.07 Å². The predicted molar refractivity (Wildman–Crippen MR) is 88.1 cm³/mol. The van der Waals surface area contributed by atoms with Crippen molar-refractivity contribution in [2.45, 2.75) is 11.8 Å². The van der Waals surface area contributed by atoms with Crippen LogP contribution >= 0.6 is 27.5 Å². The molecule has 0 bridgehead atoms. The molecule has 2 rings (SSSR count). The molecule has 0 aromatic heterocycles. The SMILES string of the molecule is CC(=O)c1cc(Br)ccc1OS(=O)(=O)c1ccc(C#N)c(Cl)c1. The van der Waals surface area contributed by atoms with E-state index in [9.17, 15) is 13.2 Å². The minimum atomic E-state index is -4.19. The van der Waals surface area contributed by atoms with Crippen LogP contribution in [0.2, 0.25) is 5.02 Å². The summed E-state index contributed by atoms with van der Waals surface area (Å²) in [5.74, 6) is -0.421. The highest BCUT2D eigenvalue weighted by molar-refractivity contribution is 9.10. The molecule has 0 unspecified atom stereocenters. The zero-order valence-electron chi connectivity index (χ0n) is 11.7. The van der Waals surface area contributed by atoms with Crippen molar-refractivity contribution in [3.8, 4) is 11.8 Å². The molecule has 0 fully saturated rings. The number of hydrogen-bond acceptors (Lipinski definition) is 5. The first-order valence-corrected chi connectivity index (χ1v) is 8.77. The fourth-order valence-corrected chi connectivity index (χ4v) is 3.38. The standard InChI is InChI=1S/C15H9BrClNO4S/c1-9(19)13-6-11(16)3-5-15(13)22-23(20,21)12-4-2-10(8-18)14(17)7-12/h2-7H,1H3. The van der Waals surface area contributed by atoms with Gasteiger partial charge in [-0.25, -0.2) is 0 Å². The average Bonchev–Trinajstić information content (AvgIpc) is 2.48. The van der Waals surface area contributed by atoms with Crippen molar-refractivity contribution in [3.63, 3.8) is 0 Å².